The van der Waals surface area contributed by atoms with Crippen LogP contribution in [-0.4, -0.2) is 68.1 Å². The van der Waals surface area contributed by atoms with Crippen molar-refractivity contribution in [1.82, 2.24) is 10.7 Å². The van der Waals surface area contributed by atoms with Crippen molar-refractivity contribution in [2.75, 3.05) is 20.4 Å². The van der Waals surface area contributed by atoms with Gasteiger partial charge in [0.05, 0.1) is 13.5 Å². The van der Waals surface area contributed by atoms with E-state index in [0.29, 0.717) is 0 Å². The van der Waals surface area contributed by atoms with Crippen LogP contribution in [0.3, 0.4) is 0 Å². The average Bonchev–Trinajstić information content (AvgIpc) is 2.56. The van der Waals surface area contributed by atoms with E-state index in [1.165, 1.54) is 0 Å². The summed E-state index contributed by atoms with van der Waals surface area (Å²) in [5.74, 6) is -4.96. The highest BCUT2D eigenvalue weighted by molar-refractivity contribution is 5.91. The summed E-state index contributed by atoms with van der Waals surface area (Å²) in [5, 5.41) is 13.1. The molecular weight excluding hydrogens is 342 g/mol. The molecule has 138 valence electrons. The molecule has 4 N–H and O–H groups in total. The Morgan fingerprint density at radius 1 is 1.16 bits per heavy atom. The van der Waals surface area contributed by atoms with Gasteiger partial charge in [0, 0.05) is 12.2 Å². The highest BCUT2D eigenvalue weighted by Crippen LogP contribution is 1.97. The minimum Gasteiger partial charge on any atom is -0.481 e. The molecule has 0 saturated carbocycles. The van der Waals surface area contributed by atoms with Crippen molar-refractivity contribution in [2.24, 2.45) is 0 Å². The summed E-state index contributed by atoms with van der Waals surface area (Å²) in [4.78, 5) is 55.9. The number of ether oxygens (including phenoxy) is 3. The van der Waals surface area contributed by atoms with Gasteiger partial charge in [-0.2, -0.15) is 5.43 Å². The normalized spacial score (nSPS) is 11.1. The molecule has 0 aromatic carbocycles. The highest BCUT2D eigenvalue weighted by atomic mass is 16.7. The Bertz CT molecular complexity index is 559. The molecule has 12 heteroatoms. The van der Waals surface area contributed by atoms with E-state index in [2.05, 4.69) is 36.8 Å². The van der Waals surface area contributed by atoms with Crippen molar-refractivity contribution in [1.29, 1.82) is 0 Å². The largest absolute Gasteiger partial charge is 0.481 e. The minimum absolute atomic E-state index is 0.278. The number of hydrogen-bond donors (Lipinski definition) is 4. The van der Waals surface area contributed by atoms with Crippen LogP contribution in [0, 0.1) is 0 Å². The van der Waals surface area contributed by atoms with Crippen LogP contribution in [0.5, 0.6) is 0 Å². The zero-order valence-electron chi connectivity index (χ0n) is 13.3. The smallest absolute Gasteiger partial charge is 0.333 e. The van der Waals surface area contributed by atoms with Gasteiger partial charge in [-0.3, -0.25) is 9.59 Å². The number of rotatable bonds is 11. The van der Waals surface area contributed by atoms with E-state index >= 15 is 0 Å². The van der Waals surface area contributed by atoms with Gasteiger partial charge in [-0.25, -0.2) is 14.4 Å². The maximum atomic E-state index is 11.7. The monoisotopic (exact) mass is 360 g/mol. The highest BCUT2D eigenvalue weighted by Gasteiger charge is 2.25. The van der Waals surface area contributed by atoms with Gasteiger partial charge in [0.15, 0.2) is 6.72 Å². The molecule has 0 aliphatic heterocycles. The molecule has 0 aromatic rings. The molecule has 0 aliphatic carbocycles. The molecule has 0 radical (unpaired) electrons. The molecule has 0 aromatic heterocycles. The Hall–Kier alpha value is -3.44. The number of carbonyl (C=O) groups excluding carboxylic acids is 4. The van der Waals surface area contributed by atoms with Crippen molar-refractivity contribution >= 4 is 36.5 Å². The van der Waals surface area contributed by atoms with Crippen molar-refractivity contribution in [3.8, 4) is 0 Å². The number of hydrazine groups is 1. The number of hydrazone groups is 1. The standard InChI is InChI=1S/C13H17N3O9/c1-14-15-6-9(17)16-8(5-10(18)19)13(22)25-7-24-12(21)4-3-11(20)23-2/h3-4,8,15H,1,5-7H2,2H3,(H,16,17)(H,18,19)/p+1/b4-3+/t8-/m0/s1. The van der Waals surface area contributed by atoms with Gasteiger partial charge in [0.2, 0.25) is 12.7 Å². The number of carboxylic acids is 1. The van der Waals surface area contributed by atoms with E-state index in [9.17, 15) is 24.0 Å². The fourth-order valence-electron chi connectivity index (χ4n) is 1.25. The van der Waals surface area contributed by atoms with Crippen LogP contribution in [-0.2, 0) is 38.2 Å². The lowest BCUT2D eigenvalue weighted by molar-refractivity contribution is -0.514. The number of aliphatic carboxylic acids is 1. The Morgan fingerprint density at radius 2 is 1.80 bits per heavy atom. The van der Waals surface area contributed by atoms with Crippen LogP contribution in [0.25, 0.3) is 0 Å². The third-order valence-corrected chi connectivity index (χ3v) is 2.33. The second-order valence-corrected chi connectivity index (χ2v) is 4.15. The van der Waals surface area contributed by atoms with E-state index in [0.717, 1.165) is 19.3 Å². The maximum absolute atomic E-state index is 11.7. The minimum atomic E-state index is -1.49. The Labute approximate surface area is 141 Å². The molecule has 0 spiro atoms. The number of methoxy groups -OCH3 is 1. The summed E-state index contributed by atoms with van der Waals surface area (Å²) in [7, 11) is 1.11. The zero-order chi connectivity index (χ0) is 19.2. The topological polar surface area (TPSA) is 171 Å². The summed E-state index contributed by atoms with van der Waals surface area (Å²) in [5.41, 5.74) is 2.34. The average molecular weight is 360 g/mol. The maximum Gasteiger partial charge on any atom is 0.333 e. The molecule has 12 nitrogen and oxygen atoms in total. The van der Waals surface area contributed by atoms with Crippen LogP contribution in [0.2, 0.25) is 0 Å². The number of esters is 3. The number of amides is 1. The summed E-state index contributed by atoms with van der Waals surface area (Å²) in [6.07, 6.45) is 0.799. The predicted molar refractivity (Wildman–Crippen MR) is 78.5 cm³/mol. The van der Waals surface area contributed by atoms with E-state index in [4.69, 9.17) is 5.11 Å². The molecule has 0 rings (SSSR count). The van der Waals surface area contributed by atoms with Gasteiger partial charge in [0.1, 0.15) is 12.6 Å². The lowest BCUT2D eigenvalue weighted by atomic mass is 10.2. The second kappa shape index (κ2) is 12.0. The summed E-state index contributed by atoms with van der Waals surface area (Å²) >= 11 is 0. The predicted octanol–water partition coefficient (Wildman–Crippen LogP) is -4.00. The third-order valence-electron chi connectivity index (χ3n) is 2.33. The van der Waals surface area contributed by atoms with E-state index < -0.39 is 49.0 Å². The van der Waals surface area contributed by atoms with Crippen molar-refractivity contribution in [3.63, 3.8) is 0 Å². The van der Waals surface area contributed by atoms with E-state index in [-0.39, 0.29) is 6.54 Å². The Balaban J connectivity index is 4.46. The Kier molecular flexibility index (Phi) is 10.4. The number of carbonyl (C=O) groups is 5. The number of nitrogens with one attached hydrogen (secondary N) is 3. The van der Waals surface area contributed by atoms with Crippen molar-refractivity contribution in [3.05, 3.63) is 12.2 Å². The van der Waals surface area contributed by atoms with Gasteiger partial charge in [-0.1, -0.05) is 0 Å². The molecule has 0 unspecified atom stereocenters. The van der Waals surface area contributed by atoms with Crippen molar-refractivity contribution < 1.29 is 48.4 Å². The van der Waals surface area contributed by atoms with Crippen LogP contribution >= 0.6 is 0 Å². The first-order valence-corrected chi connectivity index (χ1v) is 6.65. The van der Waals surface area contributed by atoms with Gasteiger partial charge in [-0.05, 0) is 0 Å². The van der Waals surface area contributed by atoms with Crippen LogP contribution in [0.1, 0.15) is 6.42 Å². The third kappa shape index (κ3) is 10.8. The fraction of sp³-hybridized carbons (Fsp3) is 0.385. The lowest BCUT2D eigenvalue weighted by Gasteiger charge is -2.15. The van der Waals surface area contributed by atoms with Gasteiger partial charge < -0.3 is 24.6 Å². The first kappa shape index (κ1) is 21.6. The number of carboxylic acid groups (broad SMARTS) is 1. The van der Waals surface area contributed by atoms with Crippen molar-refractivity contribution in [2.45, 2.75) is 12.5 Å². The van der Waals surface area contributed by atoms with E-state index in [1.807, 2.05) is 0 Å². The molecule has 0 aliphatic rings. The van der Waals surface area contributed by atoms with Crippen LogP contribution < -0.4 is 15.8 Å². The van der Waals surface area contributed by atoms with E-state index in [1.54, 1.807) is 0 Å². The molecular formula is C13H18N3O9+. The molecule has 1 atom stereocenters. The zero-order valence-corrected chi connectivity index (χ0v) is 13.3. The Morgan fingerprint density at radius 3 is 2.36 bits per heavy atom. The molecule has 0 bridgehead atoms. The van der Waals surface area contributed by atoms with Gasteiger partial charge in [0.25, 0.3) is 0 Å². The second-order valence-electron chi connectivity index (χ2n) is 4.15. The number of hydrogen-bond acceptors (Lipinski definition) is 9. The van der Waals surface area contributed by atoms with Gasteiger partial charge >= 0.3 is 23.9 Å². The molecule has 0 saturated heterocycles. The van der Waals surface area contributed by atoms with Crippen LogP contribution in [0.15, 0.2) is 12.2 Å². The summed E-state index contributed by atoms with van der Waals surface area (Å²) in [6.45, 7) is 2.08. The molecule has 25 heavy (non-hydrogen) atoms. The summed E-state index contributed by atoms with van der Waals surface area (Å²) < 4.78 is 13.3. The fourth-order valence-corrected chi connectivity index (χ4v) is 1.25. The first-order valence-electron chi connectivity index (χ1n) is 6.65. The summed E-state index contributed by atoms with van der Waals surface area (Å²) in [6, 6.07) is -1.49. The molecule has 1 amide bonds. The van der Waals surface area contributed by atoms with Crippen LogP contribution in [0.4, 0.5) is 0 Å². The SMILES string of the molecule is C=[NH+]NCC(=O)N[C@@H](CC(=O)O)C(=O)OCOC(=O)/C=C/C(=O)OC. The molecule has 0 fully saturated rings. The lowest BCUT2D eigenvalue weighted by Crippen LogP contribution is -2.79. The first-order chi connectivity index (χ1) is 11.8. The molecule has 0 heterocycles. The quantitative estimate of drug-likeness (QED) is 0.0935. The van der Waals surface area contributed by atoms with Gasteiger partial charge in [-0.15, -0.1) is 5.10 Å².